The van der Waals surface area contributed by atoms with E-state index in [0.29, 0.717) is 29.6 Å². The maximum Gasteiger partial charge on any atom is 0.273 e. The summed E-state index contributed by atoms with van der Waals surface area (Å²) in [6.07, 6.45) is 0. The molecule has 2 rings (SSSR count). The molecule has 0 unspecified atom stereocenters. The SMILES string of the molecule is COc1cc(CNC(=O)c2cc(C)on2)cc(OC)c1OC. The van der Waals surface area contributed by atoms with Gasteiger partial charge in [-0.25, -0.2) is 0 Å². The van der Waals surface area contributed by atoms with Crippen molar-refractivity contribution < 1.29 is 23.5 Å². The van der Waals surface area contributed by atoms with E-state index < -0.39 is 0 Å². The average molecular weight is 306 g/mol. The highest BCUT2D eigenvalue weighted by atomic mass is 16.5. The van der Waals surface area contributed by atoms with Gasteiger partial charge in [-0.15, -0.1) is 0 Å². The van der Waals surface area contributed by atoms with Crippen LogP contribution < -0.4 is 19.5 Å². The van der Waals surface area contributed by atoms with Gasteiger partial charge in [0.15, 0.2) is 17.2 Å². The van der Waals surface area contributed by atoms with Crippen LogP contribution in [0.2, 0.25) is 0 Å². The van der Waals surface area contributed by atoms with Gasteiger partial charge in [0, 0.05) is 12.6 Å². The summed E-state index contributed by atoms with van der Waals surface area (Å²) in [5.41, 5.74) is 1.05. The van der Waals surface area contributed by atoms with E-state index in [2.05, 4.69) is 10.5 Å². The summed E-state index contributed by atoms with van der Waals surface area (Å²) < 4.78 is 20.7. The number of benzene rings is 1. The van der Waals surface area contributed by atoms with Gasteiger partial charge < -0.3 is 24.1 Å². The molecule has 1 heterocycles. The quantitative estimate of drug-likeness (QED) is 0.878. The Labute approximate surface area is 128 Å². The largest absolute Gasteiger partial charge is 0.493 e. The topological polar surface area (TPSA) is 82.8 Å². The summed E-state index contributed by atoms with van der Waals surface area (Å²) in [4.78, 5) is 11.9. The van der Waals surface area contributed by atoms with Crippen molar-refractivity contribution in [2.75, 3.05) is 21.3 Å². The lowest BCUT2D eigenvalue weighted by molar-refractivity contribution is 0.0941. The first-order valence-electron chi connectivity index (χ1n) is 6.59. The van der Waals surface area contributed by atoms with Gasteiger partial charge >= 0.3 is 0 Å². The van der Waals surface area contributed by atoms with Crippen LogP contribution in [0.5, 0.6) is 17.2 Å². The second-order valence-electron chi connectivity index (χ2n) is 4.54. The van der Waals surface area contributed by atoms with Gasteiger partial charge in [0.2, 0.25) is 5.75 Å². The minimum atomic E-state index is -0.314. The molecule has 0 atom stereocenters. The lowest BCUT2D eigenvalue weighted by Gasteiger charge is -2.14. The van der Waals surface area contributed by atoms with Gasteiger partial charge in [-0.3, -0.25) is 4.79 Å². The van der Waals surface area contributed by atoms with Crippen LogP contribution in [0, 0.1) is 6.92 Å². The summed E-state index contributed by atoms with van der Waals surface area (Å²) in [7, 11) is 4.62. The Morgan fingerprint density at radius 2 is 1.77 bits per heavy atom. The normalized spacial score (nSPS) is 10.2. The van der Waals surface area contributed by atoms with Crippen molar-refractivity contribution in [3.05, 3.63) is 35.2 Å². The van der Waals surface area contributed by atoms with E-state index in [1.807, 2.05) is 0 Å². The monoisotopic (exact) mass is 306 g/mol. The Kier molecular flexibility index (Phi) is 4.88. The fourth-order valence-corrected chi connectivity index (χ4v) is 1.98. The summed E-state index contributed by atoms with van der Waals surface area (Å²) in [6.45, 7) is 2.02. The summed E-state index contributed by atoms with van der Waals surface area (Å²) >= 11 is 0. The third kappa shape index (κ3) is 3.30. The van der Waals surface area contributed by atoms with E-state index in [1.54, 1.807) is 25.1 Å². The molecule has 22 heavy (non-hydrogen) atoms. The number of hydrogen-bond acceptors (Lipinski definition) is 6. The van der Waals surface area contributed by atoms with Crippen LogP contribution >= 0.6 is 0 Å². The Morgan fingerprint density at radius 1 is 1.14 bits per heavy atom. The van der Waals surface area contributed by atoms with E-state index in [4.69, 9.17) is 18.7 Å². The van der Waals surface area contributed by atoms with Crippen LogP contribution in [0.3, 0.4) is 0 Å². The number of ether oxygens (including phenoxy) is 3. The van der Waals surface area contributed by atoms with E-state index in [1.165, 1.54) is 21.3 Å². The Hall–Kier alpha value is -2.70. The van der Waals surface area contributed by atoms with Crippen molar-refractivity contribution in [3.63, 3.8) is 0 Å². The van der Waals surface area contributed by atoms with Crippen LogP contribution in [0.25, 0.3) is 0 Å². The number of carbonyl (C=O) groups is 1. The van der Waals surface area contributed by atoms with Crippen LogP contribution in [0.1, 0.15) is 21.8 Å². The molecular weight excluding hydrogens is 288 g/mol. The smallest absolute Gasteiger partial charge is 0.273 e. The predicted octanol–water partition coefficient (Wildman–Crippen LogP) is 1.94. The van der Waals surface area contributed by atoms with Gasteiger partial charge in [-0.1, -0.05) is 5.16 Å². The molecule has 1 N–H and O–H groups in total. The zero-order chi connectivity index (χ0) is 16.1. The highest BCUT2D eigenvalue weighted by Crippen LogP contribution is 2.38. The zero-order valence-corrected chi connectivity index (χ0v) is 12.9. The van der Waals surface area contributed by atoms with Crippen molar-refractivity contribution in [2.24, 2.45) is 0 Å². The summed E-state index contributed by atoms with van der Waals surface area (Å²) in [5, 5.41) is 6.42. The minimum Gasteiger partial charge on any atom is -0.493 e. The molecule has 0 saturated carbocycles. The van der Waals surface area contributed by atoms with E-state index in [-0.39, 0.29) is 11.6 Å². The fraction of sp³-hybridized carbons (Fsp3) is 0.333. The third-order valence-corrected chi connectivity index (χ3v) is 3.04. The number of carbonyl (C=O) groups excluding carboxylic acids is 1. The number of nitrogens with one attached hydrogen (secondary N) is 1. The van der Waals surface area contributed by atoms with E-state index in [0.717, 1.165) is 5.56 Å². The third-order valence-electron chi connectivity index (χ3n) is 3.04. The number of hydrogen-bond donors (Lipinski definition) is 1. The highest BCUT2D eigenvalue weighted by molar-refractivity contribution is 5.92. The Morgan fingerprint density at radius 3 is 2.23 bits per heavy atom. The molecule has 0 saturated heterocycles. The second-order valence-corrected chi connectivity index (χ2v) is 4.54. The fourth-order valence-electron chi connectivity index (χ4n) is 1.98. The van der Waals surface area contributed by atoms with Crippen LogP contribution in [-0.4, -0.2) is 32.4 Å². The molecular formula is C15H18N2O5. The molecule has 1 amide bonds. The van der Waals surface area contributed by atoms with Crippen molar-refractivity contribution >= 4 is 5.91 Å². The summed E-state index contributed by atoms with van der Waals surface area (Å²) in [6, 6.07) is 5.12. The van der Waals surface area contributed by atoms with Gasteiger partial charge in [0.25, 0.3) is 5.91 Å². The molecule has 0 spiro atoms. The Bertz CT molecular complexity index is 641. The van der Waals surface area contributed by atoms with Gasteiger partial charge in [-0.2, -0.15) is 0 Å². The van der Waals surface area contributed by atoms with E-state index >= 15 is 0 Å². The lowest BCUT2D eigenvalue weighted by atomic mass is 10.1. The van der Waals surface area contributed by atoms with Gasteiger partial charge in [-0.05, 0) is 24.6 Å². The predicted molar refractivity (Wildman–Crippen MR) is 78.5 cm³/mol. The number of rotatable bonds is 6. The molecule has 1 aromatic carbocycles. The first-order valence-corrected chi connectivity index (χ1v) is 6.59. The molecule has 7 nitrogen and oxygen atoms in total. The molecule has 1 aromatic heterocycles. The minimum absolute atomic E-state index is 0.241. The summed E-state index contributed by atoms with van der Waals surface area (Å²) in [5.74, 6) is 1.84. The highest BCUT2D eigenvalue weighted by Gasteiger charge is 2.15. The average Bonchev–Trinajstić information content (AvgIpc) is 2.97. The molecule has 0 aliphatic heterocycles. The Balaban J connectivity index is 2.14. The number of methoxy groups -OCH3 is 3. The van der Waals surface area contributed by atoms with Crippen LogP contribution in [-0.2, 0) is 6.54 Å². The molecule has 118 valence electrons. The van der Waals surface area contributed by atoms with Crippen LogP contribution in [0.4, 0.5) is 0 Å². The molecule has 0 fully saturated rings. The van der Waals surface area contributed by atoms with Gasteiger partial charge in [0.1, 0.15) is 5.76 Å². The number of amides is 1. The molecule has 0 aliphatic rings. The standard InChI is InChI=1S/C15H18N2O5/c1-9-5-11(17-22-9)15(18)16-8-10-6-12(19-2)14(21-4)13(7-10)20-3/h5-7H,8H2,1-4H3,(H,16,18). The molecule has 0 bridgehead atoms. The van der Waals surface area contributed by atoms with Crippen molar-refractivity contribution in [2.45, 2.75) is 13.5 Å². The first-order chi connectivity index (χ1) is 10.6. The molecule has 7 heteroatoms. The number of nitrogens with zero attached hydrogens (tertiary/aromatic N) is 1. The van der Waals surface area contributed by atoms with Crippen molar-refractivity contribution in [3.8, 4) is 17.2 Å². The zero-order valence-electron chi connectivity index (χ0n) is 12.9. The maximum absolute atomic E-state index is 11.9. The molecule has 2 aromatic rings. The van der Waals surface area contributed by atoms with Crippen molar-refractivity contribution in [1.82, 2.24) is 10.5 Å². The second kappa shape index (κ2) is 6.84. The van der Waals surface area contributed by atoms with Gasteiger partial charge in [0.05, 0.1) is 21.3 Å². The molecule has 0 radical (unpaired) electrons. The number of aryl methyl sites for hydroxylation is 1. The first kappa shape index (κ1) is 15.7. The van der Waals surface area contributed by atoms with Crippen molar-refractivity contribution in [1.29, 1.82) is 0 Å². The molecule has 0 aliphatic carbocycles. The number of aromatic nitrogens is 1. The van der Waals surface area contributed by atoms with E-state index in [9.17, 15) is 4.79 Å². The lowest BCUT2D eigenvalue weighted by Crippen LogP contribution is -2.23. The van der Waals surface area contributed by atoms with Crippen LogP contribution in [0.15, 0.2) is 22.7 Å². The maximum atomic E-state index is 11.9.